The largest absolute Gasteiger partial charge is 0.455 e. The molecule has 0 saturated heterocycles. The van der Waals surface area contributed by atoms with Gasteiger partial charge in [0.25, 0.3) is 0 Å². The summed E-state index contributed by atoms with van der Waals surface area (Å²) >= 11 is 0. The van der Waals surface area contributed by atoms with Gasteiger partial charge in [-0.15, -0.1) is 0 Å². The Labute approximate surface area is 328 Å². The van der Waals surface area contributed by atoms with Crippen molar-refractivity contribution in [3.8, 4) is 22.3 Å². The maximum atomic E-state index is 6.77. The molecule has 0 radical (unpaired) electrons. The van der Waals surface area contributed by atoms with E-state index in [0.29, 0.717) is 0 Å². The van der Waals surface area contributed by atoms with Crippen LogP contribution in [0.5, 0.6) is 0 Å². The molecule has 2 aromatic heterocycles. The van der Waals surface area contributed by atoms with E-state index in [2.05, 4.69) is 205 Å². The highest BCUT2D eigenvalue weighted by Crippen LogP contribution is 2.49. The highest BCUT2D eigenvalue weighted by molar-refractivity contribution is 6.22. The van der Waals surface area contributed by atoms with E-state index < -0.39 is 0 Å². The van der Waals surface area contributed by atoms with Crippen LogP contribution in [0.2, 0.25) is 0 Å². The minimum Gasteiger partial charge on any atom is -0.455 e. The summed E-state index contributed by atoms with van der Waals surface area (Å²) in [6.45, 7) is 0. The van der Waals surface area contributed by atoms with Gasteiger partial charge in [0.2, 0.25) is 0 Å². The number of fused-ring (bicyclic) bond motifs is 11. The maximum absolute atomic E-state index is 6.77. The van der Waals surface area contributed by atoms with E-state index in [0.717, 1.165) is 99.2 Å². The number of para-hydroxylation sites is 1. The molecular formula is C54H33NO2. The molecule has 0 aliphatic heterocycles. The molecule has 0 saturated carbocycles. The SMILES string of the molecule is c1cc(-c2ccc3ccccc3c2)cc(N(c2ccccc2-c2cccc3oc4c5ccccc5ccc4c23)c2cccc3oc4c5ccccc5ccc4c23)c1. The number of rotatable bonds is 5. The van der Waals surface area contributed by atoms with Crippen molar-refractivity contribution >= 4 is 93.3 Å². The molecular weight excluding hydrogens is 695 g/mol. The second-order valence-electron chi connectivity index (χ2n) is 14.8. The fourth-order valence-electron chi connectivity index (χ4n) is 9.00. The Morgan fingerprint density at radius 1 is 0.316 bits per heavy atom. The Hall–Kier alpha value is -7.62. The first kappa shape index (κ1) is 31.7. The molecule has 3 heteroatoms. The zero-order chi connectivity index (χ0) is 37.5. The Morgan fingerprint density at radius 2 is 0.860 bits per heavy atom. The van der Waals surface area contributed by atoms with Crippen molar-refractivity contribution in [2.45, 2.75) is 0 Å². The number of hydrogen-bond donors (Lipinski definition) is 0. The van der Waals surface area contributed by atoms with Gasteiger partial charge >= 0.3 is 0 Å². The standard InChI is InChI=1S/C54H33NO2/c1-2-15-37-32-39(27-26-34(37)12-1)38-16-9-17-40(33-38)55(48-23-11-25-50-52(48)46-31-29-36-14-4-6-19-42(36)54(46)57-50)47-22-8-7-20-43(47)44-21-10-24-49-51(44)45-30-28-35-13-3-5-18-41(35)53(45)56-49/h1-33H. The van der Waals surface area contributed by atoms with E-state index in [9.17, 15) is 0 Å². The molecule has 3 nitrogen and oxygen atoms in total. The summed E-state index contributed by atoms with van der Waals surface area (Å²) < 4.78 is 13.5. The zero-order valence-electron chi connectivity index (χ0n) is 30.8. The molecule has 0 bridgehead atoms. The topological polar surface area (TPSA) is 29.5 Å². The summed E-state index contributed by atoms with van der Waals surface area (Å²) in [5, 5.41) is 11.4. The van der Waals surface area contributed by atoms with Gasteiger partial charge in [-0.25, -0.2) is 0 Å². The lowest BCUT2D eigenvalue weighted by Gasteiger charge is -2.29. The quantitative estimate of drug-likeness (QED) is 0.177. The summed E-state index contributed by atoms with van der Waals surface area (Å²) in [7, 11) is 0. The highest BCUT2D eigenvalue weighted by atomic mass is 16.3. The van der Waals surface area contributed by atoms with E-state index in [1.54, 1.807) is 0 Å². The first-order valence-corrected chi connectivity index (χ1v) is 19.4. The Kier molecular flexibility index (Phi) is 6.93. The van der Waals surface area contributed by atoms with Crippen molar-refractivity contribution in [2.24, 2.45) is 0 Å². The van der Waals surface area contributed by atoms with E-state index in [-0.39, 0.29) is 0 Å². The molecule has 0 amide bonds. The molecule has 12 aromatic rings. The third-order valence-corrected chi connectivity index (χ3v) is 11.6. The zero-order valence-corrected chi connectivity index (χ0v) is 30.8. The van der Waals surface area contributed by atoms with Gasteiger partial charge < -0.3 is 13.7 Å². The van der Waals surface area contributed by atoms with Gasteiger partial charge in [0, 0.05) is 38.2 Å². The molecule has 57 heavy (non-hydrogen) atoms. The number of hydrogen-bond acceptors (Lipinski definition) is 3. The van der Waals surface area contributed by atoms with Crippen molar-refractivity contribution in [3.63, 3.8) is 0 Å². The Bertz CT molecular complexity index is 3550. The molecule has 12 rings (SSSR count). The van der Waals surface area contributed by atoms with Crippen LogP contribution >= 0.6 is 0 Å². The molecule has 0 spiro atoms. The van der Waals surface area contributed by atoms with Crippen molar-refractivity contribution in [1.82, 2.24) is 0 Å². The van der Waals surface area contributed by atoms with Gasteiger partial charge in [-0.1, -0.05) is 146 Å². The van der Waals surface area contributed by atoms with Crippen LogP contribution in [0.4, 0.5) is 17.1 Å². The monoisotopic (exact) mass is 727 g/mol. The maximum Gasteiger partial charge on any atom is 0.143 e. The van der Waals surface area contributed by atoms with Gasteiger partial charge in [0.05, 0.1) is 16.8 Å². The number of nitrogens with zero attached hydrogens (tertiary/aromatic N) is 1. The second kappa shape index (κ2) is 12.5. The van der Waals surface area contributed by atoms with Gasteiger partial charge in [0.1, 0.15) is 22.3 Å². The summed E-state index contributed by atoms with van der Waals surface area (Å²) in [5.41, 5.74) is 11.2. The van der Waals surface area contributed by atoms with Crippen molar-refractivity contribution in [1.29, 1.82) is 0 Å². The molecule has 0 fully saturated rings. The summed E-state index contributed by atoms with van der Waals surface area (Å²) in [5.74, 6) is 0. The van der Waals surface area contributed by atoms with E-state index in [1.165, 1.54) is 16.3 Å². The third kappa shape index (κ3) is 4.92. The van der Waals surface area contributed by atoms with Gasteiger partial charge in [0.15, 0.2) is 0 Å². The van der Waals surface area contributed by atoms with Crippen LogP contribution in [0.1, 0.15) is 0 Å². The molecule has 266 valence electrons. The molecule has 0 atom stereocenters. The highest BCUT2D eigenvalue weighted by Gasteiger charge is 2.24. The Morgan fingerprint density at radius 3 is 1.63 bits per heavy atom. The van der Waals surface area contributed by atoms with E-state index in [4.69, 9.17) is 8.83 Å². The van der Waals surface area contributed by atoms with Crippen LogP contribution in [-0.4, -0.2) is 0 Å². The smallest absolute Gasteiger partial charge is 0.143 e. The lowest BCUT2D eigenvalue weighted by atomic mass is 9.95. The fourth-order valence-corrected chi connectivity index (χ4v) is 9.00. The van der Waals surface area contributed by atoms with Crippen molar-refractivity contribution < 1.29 is 8.83 Å². The van der Waals surface area contributed by atoms with Gasteiger partial charge in [-0.3, -0.25) is 0 Å². The van der Waals surface area contributed by atoms with Crippen LogP contribution in [-0.2, 0) is 0 Å². The van der Waals surface area contributed by atoms with E-state index >= 15 is 0 Å². The first-order valence-electron chi connectivity index (χ1n) is 19.4. The van der Waals surface area contributed by atoms with Crippen LogP contribution in [0.3, 0.4) is 0 Å². The second-order valence-corrected chi connectivity index (χ2v) is 14.8. The average molecular weight is 728 g/mol. The predicted molar refractivity (Wildman–Crippen MR) is 239 cm³/mol. The molecule has 0 unspecified atom stereocenters. The summed E-state index contributed by atoms with van der Waals surface area (Å²) in [4.78, 5) is 2.42. The molecule has 2 heterocycles. The predicted octanol–water partition coefficient (Wildman–Crippen LogP) is 15.7. The number of furan rings is 2. The van der Waals surface area contributed by atoms with Gasteiger partial charge in [-0.05, 0) is 92.8 Å². The fraction of sp³-hybridized carbons (Fsp3) is 0. The molecule has 0 N–H and O–H groups in total. The van der Waals surface area contributed by atoms with Gasteiger partial charge in [-0.2, -0.15) is 0 Å². The molecule has 10 aromatic carbocycles. The lowest BCUT2D eigenvalue weighted by molar-refractivity contribution is 0.672. The molecule has 0 aliphatic carbocycles. The number of benzene rings is 10. The van der Waals surface area contributed by atoms with Crippen LogP contribution in [0.15, 0.2) is 209 Å². The number of anilines is 3. The van der Waals surface area contributed by atoms with Crippen LogP contribution < -0.4 is 4.90 Å². The normalized spacial score (nSPS) is 11.9. The van der Waals surface area contributed by atoms with Crippen molar-refractivity contribution in [2.75, 3.05) is 4.90 Å². The summed E-state index contributed by atoms with van der Waals surface area (Å²) in [6, 6.07) is 71.6. The third-order valence-electron chi connectivity index (χ3n) is 11.6. The minimum absolute atomic E-state index is 0.849. The van der Waals surface area contributed by atoms with Crippen LogP contribution in [0.25, 0.3) is 98.4 Å². The van der Waals surface area contributed by atoms with Crippen molar-refractivity contribution in [3.05, 3.63) is 200 Å². The van der Waals surface area contributed by atoms with E-state index in [1.807, 2.05) is 0 Å². The molecule has 0 aliphatic rings. The summed E-state index contributed by atoms with van der Waals surface area (Å²) in [6.07, 6.45) is 0. The average Bonchev–Trinajstić information content (AvgIpc) is 3.87. The Balaban J connectivity index is 1.14. The lowest BCUT2D eigenvalue weighted by Crippen LogP contribution is -2.11. The first-order chi connectivity index (χ1) is 28.3. The van der Waals surface area contributed by atoms with Crippen LogP contribution in [0, 0.1) is 0 Å². The minimum atomic E-state index is 0.849.